The van der Waals surface area contributed by atoms with Crippen LogP contribution in [0.2, 0.25) is 0 Å². The van der Waals surface area contributed by atoms with E-state index in [1.807, 2.05) is 42.5 Å². The lowest BCUT2D eigenvalue weighted by molar-refractivity contribution is 0.611. The van der Waals surface area contributed by atoms with Gasteiger partial charge in [-0.2, -0.15) is 0 Å². The minimum absolute atomic E-state index is 0.255. The number of rotatable bonds is 3. The van der Waals surface area contributed by atoms with Gasteiger partial charge in [0.1, 0.15) is 11.6 Å². The number of benzene rings is 2. The number of fused-ring (bicyclic) bond motifs is 1. The summed E-state index contributed by atoms with van der Waals surface area (Å²) in [6.45, 7) is 4.20. The first-order valence-corrected chi connectivity index (χ1v) is 7.06. The Morgan fingerprint density at radius 1 is 1.05 bits per heavy atom. The summed E-state index contributed by atoms with van der Waals surface area (Å²) in [5.74, 6) is 0.587. The maximum atomic E-state index is 13.4. The highest BCUT2D eigenvalue weighted by molar-refractivity contribution is 5.80. The summed E-state index contributed by atoms with van der Waals surface area (Å²) in [5.41, 5.74) is 2.77. The van der Waals surface area contributed by atoms with Crippen molar-refractivity contribution in [3.8, 4) is 0 Å². The molecule has 1 aromatic heterocycles. The first-order valence-electron chi connectivity index (χ1n) is 7.06. The molecule has 0 N–H and O–H groups in total. The molecule has 0 spiro atoms. The molecule has 2 nitrogen and oxygen atoms in total. The molecule has 3 heteroatoms. The molecule has 0 atom stereocenters. The molecule has 2 aromatic carbocycles. The zero-order chi connectivity index (χ0) is 14.8. The van der Waals surface area contributed by atoms with Crippen molar-refractivity contribution in [2.45, 2.75) is 19.9 Å². The highest BCUT2D eigenvalue weighted by Gasteiger charge is 2.11. The fourth-order valence-corrected chi connectivity index (χ4v) is 2.49. The normalized spacial score (nSPS) is 11.8. The van der Waals surface area contributed by atoms with Crippen LogP contribution in [-0.4, -0.2) is 9.55 Å². The third-order valence-corrected chi connectivity index (χ3v) is 3.42. The third-order valence-electron chi connectivity index (χ3n) is 3.42. The smallest absolute Gasteiger partial charge is 0.134 e. The SMILES string of the molecule is CC(C)n1c(/C=C/c2ccccc2)nc2cc(F)ccc21. The van der Waals surface area contributed by atoms with E-state index in [-0.39, 0.29) is 11.9 Å². The van der Waals surface area contributed by atoms with Crippen LogP contribution in [0.3, 0.4) is 0 Å². The van der Waals surface area contributed by atoms with Gasteiger partial charge in [0, 0.05) is 12.1 Å². The molecule has 0 aliphatic heterocycles. The van der Waals surface area contributed by atoms with Gasteiger partial charge >= 0.3 is 0 Å². The van der Waals surface area contributed by atoms with Gasteiger partial charge < -0.3 is 4.57 Å². The van der Waals surface area contributed by atoms with Gasteiger partial charge in [-0.25, -0.2) is 9.37 Å². The van der Waals surface area contributed by atoms with Crippen molar-refractivity contribution >= 4 is 23.2 Å². The average molecular weight is 280 g/mol. The zero-order valence-corrected chi connectivity index (χ0v) is 12.1. The Morgan fingerprint density at radius 2 is 1.81 bits per heavy atom. The van der Waals surface area contributed by atoms with Gasteiger partial charge in [-0.05, 0) is 37.6 Å². The molecular weight excluding hydrogens is 263 g/mol. The number of imidazole rings is 1. The van der Waals surface area contributed by atoms with E-state index >= 15 is 0 Å². The maximum Gasteiger partial charge on any atom is 0.134 e. The van der Waals surface area contributed by atoms with E-state index < -0.39 is 0 Å². The number of aromatic nitrogens is 2. The van der Waals surface area contributed by atoms with Crippen molar-refractivity contribution in [1.29, 1.82) is 0 Å². The monoisotopic (exact) mass is 280 g/mol. The lowest BCUT2D eigenvalue weighted by atomic mass is 10.2. The van der Waals surface area contributed by atoms with Gasteiger partial charge in [0.25, 0.3) is 0 Å². The summed E-state index contributed by atoms with van der Waals surface area (Å²) in [6, 6.07) is 15.1. The highest BCUT2D eigenvalue weighted by Crippen LogP contribution is 2.23. The molecular formula is C18H17FN2. The Kier molecular flexibility index (Phi) is 3.57. The van der Waals surface area contributed by atoms with Gasteiger partial charge in [-0.1, -0.05) is 36.4 Å². The average Bonchev–Trinajstić information content (AvgIpc) is 2.83. The summed E-state index contributed by atoms with van der Waals surface area (Å²) < 4.78 is 15.5. The second kappa shape index (κ2) is 5.52. The Labute approximate surface area is 123 Å². The Bertz CT molecular complexity index is 786. The molecule has 0 amide bonds. The van der Waals surface area contributed by atoms with E-state index in [9.17, 15) is 4.39 Å². The van der Waals surface area contributed by atoms with Crippen molar-refractivity contribution in [2.75, 3.05) is 0 Å². The molecule has 0 saturated carbocycles. The van der Waals surface area contributed by atoms with E-state index in [0.29, 0.717) is 5.52 Å². The number of nitrogens with zero attached hydrogens (tertiary/aromatic N) is 2. The van der Waals surface area contributed by atoms with Crippen molar-refractivity contribution in [3.63, 3.8) is 0 Å². The molecule has 0 saturated heterocycles. The van der Waals surface area contributed by atoms with Crippen LogP contribution in [0.25, 0.3) is 23.2 Å². The highest BCUT2D eigenvalue weighted by atomic mass is 19.1. The van der Waals surface area contributed by atoms with Crippen LogP contribution in [-0.2, 0) is 0 Å². The van der Waals surface area contributed by atoms with E-state index in [2.05, 4.69) is 23.4 Å². The molecule has 3 rings (SSSR count). The second-order valence-electron chi connectivity index (χ2n) is 5.31. The molecule has 0 fully saturated rings. The minimum Gasteiger partial charge on any atom is -0.322 e. The fourth-order valence-electron chi connectivity index (χ4n) is 2.49. The van der Waals surface area contributed by atoms with Crippen LogP contribution in [0.15, 0.2) is 48.5 Å². The van der Waals surface area contributed by atoms with Crippen LogP contribution >= 0.6 is 0 Å². The first kappa shape index (κ1) is 13.6. The summed E-state index contributed by atoms with van der Waals surface area (Å²) >= 11 is 0. The second-order valence-corrected chi connectivity index (χ2v) is 5.31. The summed E-state index contributed by atoms with van der Waals surface area (Å²) in [5, 5.41) is 0. The van der Waals surface area contributed by atoms with E-state index in [1.54, 1.807) is 6.07 Å². The largest absolute Gasteiger partial charge is 0.322 e. The van der Waals surface area contributed by atoms with Crippen LogP contribution in [0.1, 0.15) is 31.3 Å². The molecule has 106 valence electrons. The standard InChI is InChI=1S/C18H17FN2/c1-13(2)21-17-10-9-15(19)12-16(17)20-18(21)11-8-14-6-4-3-5-7-14/h3-13H,1-2H3/b11-8+. The van der Waals surface area contributed by atoms with Crippen molar-refractivity contribution in [3.05, 3.63) is 65.7 Å². The summed E-state index contributed by atoms with van der Waals surface area (Å²) in [7, 11) is 0. The van der Waals surface area contributed by atoms with Crippen LogP contribution in [0, 0.1) is 5.82 Å². The molecule has 0 unspecified atom stereocenters. The number of hydrogen-bond acceptors (Lipinski definition) is 1. The van der Waals surface area contributed by atoms with Gasteiger partial charge in [-0.15, -0.1) is 0 Å². The zero-order valence-electron chi connectivity index (χ0n) is 12.1. The molecule has 0 aliphatic rings. The molecule has 0 radical (unpaired) electrons. The fraction of sp³-hybridized carbons (Fsp3) is 0.167. The van der Waals surface area contributed by atoms with Crippen LogP contribution in [0.4, 0.5) is 4.39 Å². The number of hydrogen-bond donors (Lipinski definition) is 0. The topological polar surface area (TPSA) is 17.8 Å². The van der Waals surface area contributed by atoms with Crippen molar-refractivity contribution in [2.24, 2.45) is 0 Å². The van der Waals surface area contributed by atoms with Gasteiger partial charge in [0.15, 0.2) is 0 Å². The summed E-state index contributed by atoms with van der Waals surface area (Å²) in [4.78, 5) is 4.55. The quantitative estimate of drug-likeness (QED) is 0.665. The Balaban J connectivity index is 2.09. The van der Waals surface area contributed by atoms with Crippen molar-refractivity contribution < 1.29 is 4.39 Å². The third kappa shape index (κ3) is 2.72. The first-order chi connectivity index (χ1) is 10.1. The van der Waals surface area contributed by atoms with Crippen LogP contribution in [0.5, 0.6) is 0 Å². The van der Waals surface area contributed by atoms with E-state index in [1.165, 1.54) is 12.1 Å². The molecule has 1 heterocycles. The molecule has 21 heavy (non-hydrogen) atoms. The van der Waals surface area contributed by atoms with Crippen LogP contribution < -0.4 is 0 Å². The van der Waals surface area contributed by atoms with Gasteiger partial charge in [0.05, 0.1) is 11.0 Å². The van der Waals surface area contributed by atoms with E-state index in [0.717, 1.165) is 16.9 Å². The maximum absolute atomic E-state index is 13.4. The van der Waals surface area contributed by atoms with Gasteiger partial charge in [-0.3, -0.25) is 0 Å². The minimum atomic E-state index is -0.255. The van der Waals surface area contributed by atoms with E-state index in [4.69, 9.17) is 0 Å². The Hall–Kier alpha value is -2.42. The lowest BCUT2D eigenvalue weighted by Crippen LogP contribution is -2.02. The number of halogens is 1. The Morgan fingerprint density at radius 3 is 2.52 bits per heavy atom. The van der Waals surface area contributed by atoms with Crippen molar-refractivity contribution in [1.82, 2.24) is 9.55 Å². The lowest BCUT2D eigenvalue weighted by Gasteiger charge is -2.10. The molecule has 0 aliphatic carbocycles. The molecule has 3 aromatic rings. The summed E-state index contributed by atoms with van der Waals surface area (Å²) in [6.07, 6.45) is 4.00. The predicted molar refractivity (Wildman–Crippen MR) is 85.4 cm³/mol. The predicted octanol–water partition coefficient (Wildman–Crippen LogP) is 4.93. The van der Waals surface area contributed by atoms with Gasteiger partial charge in [0.2, 0.25) is 0 Å². The molecule has 0 bridgehead atoms.